The number of rotatable bonds is 2. The molecule has 2 fully saturated rings. The van der Waals surface area contributed by atoms with E-state index in [0.717, 1.165) is 17.6 Å². The van der Waals surface area contributed by atoms with Crippen LogP contribution in [0.3, 0.4) is 0 Å². The van der Waals surface area contributed by atoms with Crippen LogP contribution in [0.4, 0.5) is 0 Å². The Labute approximate surface area is 116 Å². The third-order valence-electron chi connectivity index (χ3n) is 4.87. The van der Waals surface area contributed by atoms with Crippen molar-refractivity contribution in [2.24, 2.45) is 5.92 Å². The summed E-state index contributed by atoms with van der Waals surface area (Å²) < 4.78 is 2.29. The van der Waals surface area contributed by atoms with Crippen molar-refractivity contribution in [3.8, 4) is 0 Å². The summed E-state index contributed by atoms with van der Waals surface area (Å²) in [6, 6.07) is 1.56. The zero-order chi connectivity index (χ0) is 13.4. The van der Waals surface area contributed by atoms with Crippen LogP contribution in [0.25, 0.3) is 0 Å². The van der Waals surface area contributed by atoms with Crippen LogP contribution in [-0.4, -0.2) is 20.8 Å². The summed E-state index contributed by atoms with van der Waals surface area (Å²) in [4.78, 5) is 0. The van der Waals surface area contributed by atoms with E-state index in [9.17, 15) is 0 Å². The van der Waals surface area contributed by atoms with Crippen molar-refractivity contribution in [2.75, 3.05) is 0 Å². The van der Waals surface area contributed by atoms with Gasteiger partial charge in [0.25, 0.3) is 0 Å². The van der Waals surface area contributed by atoms with Crippen LogP contribution >= 0.6 is 0 Å². The lowest BCUT2D eigenvalue weighted by Gasteiger charge is -2.40. The molecule has 4 heteroatoms. The number of hydrogen-bond acceptors (Lipinski definition) is 3. The highest BCUT2D eigenvalue weighted by Gasteiger charge is 2.34. The summed E-state index contributed by atoms with van der Waals surface area (Å²) in [6.07, 6.45) is 8.14. The molecule has 1 aromatic heterocycles. The third-order valence-corrected chi connectivity index (χ3v) is 4.87. The molecule has 0 aromatic carbocycles. The molecule has 1 aliphatic carbocycles. The number of nitrogens with zero attached hydrogens (tertiary/aromatic N) is 3. The molecule has 3 rings (SSSR count). The highest BCUT2D eigenvalue weighted by Crippen LogP contribution is 2.36. The molecule has 0 spiro atoms. The lowest BCUT2D eigenvalue weighted by Crippen LogP contribution is -2.45. The predicted molar refractivity (Wildman–Crippen MR) is 76.0 cm³/mol. The molecule has 0 bridgehead atoms. The summed E-state index contributed by atoms with van der Waals surface area (Å²) in [7, 11) is 0. The van der Waals surface area contributed by atoms with Crippen molar-refractivity contribution in [1.82, 2.24) is 20.1 Å². The normalized spacial score (nSPS) is 31.5. The van der Waals surface area contributed by atoms with Crippen LogP contribution in [0.1, 0.15) is 76.1 Å². The third kappa shape index (κ3) is 2.42. The van der Waals surface area contributed by atoms with E-state index in [0.29, 0.717) is 18.1 Å². The van der Waals surface area contributed by atoms with Gasteiger partial charge >= 0.3 is 0 Å². The van der Waals surface area contributed by atoms with Crippen LogP contribution in [-0.2, 0) is 0 Å². The van der Waals surface area contributed by atoms with Crippen LogP contribution in [0.2, 0.25) is 0 Å². The van der Waals surface area contributed by atoms with Gasteiger partial charge in [-0.1, -0.05) is 12.8 Å². The van der Waals surface area contributed by atoms with E-state index in [1.807, 2.05) is 0 Å². The van der Waals surface area contributed by atoms with Crippen molar-refractivity contribution < 1.29 is 0 Å². The van der Waals surface area contributed by atoms with E-state index in [1.165, 1.54) is 38.5 Å². The average molecular weight is 262 g/mol. The Hall–Kier alpha value is -0.900. The topological polar surface area (TPSA) is 42.7 Å². The van der Waals surface area contributed by atoms with Gasteiger partial charge in [-0.2, -0.15) is 0 Å². The zero-order valence-electron chi connectivity index (χ0n) is 12.4. The second kappa shape index (κ2) is 5.23. The fourth-order valence-corrected chi connectivity index (χ4v) is 3.96. The monoisotopic (exact) mass is 262 g/mol. The van der Waals surface area contributed by atoms with E-state index in [2.05, 4.69) is 40.9 Å². The molecule has 1 saturated carbocycles. The Morgan fingerprint density at radius 3 is 2.68 bits per heavy atom. The molecule has 2 heterocycles. The molecule has 0 radical (unpaired) electrons. The maximum Gasteiger partial charge on any atom is 0.150 e. The van der Waals surface area contributed by atoms with E-state index in [-0.39, 0.29) is 0 Å². The quantitative estimate of drug-likeness (QED) is 0.890. The maximum absolute atomic E-state index is 4.45. The lowest BCUT2D eigenvalue weighted by molar-refractivity contribution is 0.170. The van der Waals surface area contributed by atoms with Gasteiger partial charge < -0.3 is 9.88 Å². The molecule has 2 aliphatic rings. The lowest BCUT2D eigenvalue weighted by atomic mass is 9.77. The van der Waals surface area contributed by atoms with Gasteiger partial charge in [-0.25, -0.2) is 0 Å². The van der Waals surface area contributed by atoms with Gasteiger partial charge in [-0.3, -0.25) is 0 Å². The number of hydrogen-bond donors (Lipinski definition) is 1. The number of aromatic nitrogens is 3. The Morgan fingerprint density at radius 2 is 1.89 bits per heavy atom. The molecule has 106 valence electrons. The van der Waals surface area contributed by atoms with Crippen molar-refractivity contribution >= 4 is 0 Å². The first-order chi connectivity index (χ1) is 9.16. The van der Waals surface area contributed by atoms with Gasteiger partial charge in [-0.15, -0.1) is 10.2 Å². The molecule has 4 nitrogen and oxygen atoms in total. The fraction of sp³-hybridized carbons (Fsp3) is 0.867. The minimum Gasteiger partial charge on any atom is -0.311 e. The Balaban J connectivity index is 1.79. The van der Waals surface area contributed by atoms with Crippen LogP contribution in [0, 0.1) is 12.8 Å². The number of piperidine rings is 1. The van der Waals surface area contributed by atoms with Crippen LogP contribution in [0.5, 0.6) is 0 Å². The summed E-state index contributed by atoms with van der Waals surface area (Å²) in [5.41, 5.74) is 0. The number of aryl methyl sites for hydroxylation is 1. The molecule has 0 amide bonds. The Bertz CT molecular complexity index is 437. The first kappa shape index (κ1) is 13.1. The van der Waals surface area contributed by atoms with E-state index in [1.54, 1.807) is 0 Å². The van der Waals surface area contributed by atoms with E-state index in [4.69, 9.17) is 0 Å². The second-order valence-electron chi connectivity index (χ2n) is 6.52. The van der Waals surface area contributed by atoms with E-state index < -0.39 is 0 Å². The van der Waals surface area contributed by atoms with Gasteiger partial charge in [0.1, 0.15) is 11.6 Å². The first-order valence-electron chi connectivity index (χ1n) is 7.84. The highest BCUT2D eigenvalue weighted by atomic mass is 15.3. The molecule has 19 heavy (non-hydrogen) atoms. The standard InChI is InChI=1S/C15H26N4/c1-10(2)19-11(3)17-18-15(19)14-9-8-12-6-4-5-7-13(12)16-14/h10,12-14,16H,4-9H2,1-3H3. The van der Waals surface area contributed by atoms with Crippen molar-refractivity contribution in [3.05, 3.63) is 11.6 Å². The largest absolute Gasteiger partial charge is 0.311 e. The number of fused-ring (bicyclic) bond motifs is 1. The predicted octanol–water partition coefficient (Wildman–Crippen LogP) is 3.15. The minimum atomic E-state index is 0.406. The average Bonchev–Trinajstić information content (AvgIpc) is 2.80. The minimum absolute atomic E-state index is 0.406. The van der Waals surface area contributed by atoms with Gasteiger partial charge in [0.2, 0.25) is 0 Å². The molecule has 1 aromatic rings. The smallest absolute Gasteiger partial charge is 0.150 e. The van der Waals surface area contributed by atoms with Gasteiger partial charge in [-0.05, 0) is 52.4 Å². The van der Waals surface area contributed by atoms with Crippen molar-refractivity contribution in [1.29, 1.82) is 0 Å². The molecule has 1 N–H and O–H groups in total. The van der Waals surface area contributed by atoms with Gasteiger partial charge in [0, 0.05) is 12.1 Å². The van der Waals surface area contributed by atoms with Gasteiger partial charge in [0.15, 0.2) is 0 Å². The van der Waals surface area contributed by atoms with Crippen LogP contribution in [0.15, 0.2) is 0 Å². The van der Waals surface area contributed by atoms with Crippen LogP contribution < -0.4 is 5.32 Å². The molecular weight excluding hydrogens is 236 g/mol. The fourth-order valence-electron chi connectivity index (χ4n) is 3.96. The SMILES string of the molecule is Cc1nnc(C2CCC3CCCCC3N2)n1C(C)C. The molecule has 3 unspecified atom stereocenters. The van der Waals surface area contributed by atoms with Gasteiger partial charge in [0.05, 0.1) is 6.04 Å². The molecular formula is C15H26N4. The first-order valence-corrected chi connectivity index (χ1v) is 7.84. The Morgan fingerprint density at radius 1 is 1.11 bits per heavy atom. The highest BCUT2D eigenvalue weighted by molar-refractivity contribution is 5.05. The van der Waals surface area contributed by atoms with Crippen molar-refractivity contribution in [3.63, 3.8) is 0 Å². The Kier molecular flexibility index (Phi) is 3.61. The number of nitrogens with one attached hydrogen (secondary N) is 1. The summed E-state index contributed by atoms with van der Waals surface area (Å²) in [5, 5.41) is 12.6. The molecule has 1 saturated heterocycles. The molecule has 3 atom stereocenters. The summed E-state index contributed by atoms with van der Waals surface area (Å²) >= 11 is 0. The zero-order valence-corrected chi connectivity index (χ0v) is 12.4. The van der Waals surface area contributed by atoms with Crippen molar-refractivity contribution in [2.45, 2.75) is 77.4 Å². The second-order valence-corrected chi connectivity index (χ2v) is 6.52. The molecule has 1 aliphatic heterocycles. The summed E-state index contributed by atoms with van der Waals surface area (Å²) in [6.45, 7) is 6.49. The summed E-state index contributed by atoms with van der Waals surface area (Å²) in [5.74, 6) is 3.09. The van der Waals surface area contributed by atoms with E-state index >= 15 is 0 Å². The maximum atomic E-state index is 4.45.